The van der Waals surface area contributed by atoms with Crippen LogP contribution in [0.5, 0.6) is 0 Å². The van der Waals surface area contributed by atoms with E-state index in [1.807, 2.05) is 0 Å². The molecule has 1 atom stereocenters. The van der Waals surface area contributed by atoms with Gasteiger partial charge in [0, 0.05) is 19.3 Å². The molecule has 3 heterocycles. The van der Waals surface area contributed by atoms with Gasteiger partial charge in [0.15, 0.2) is 0 Å². The second kappa shape index (κ2) is 6.49. The maximum Gasteiger partial charge on any atom is 0.0544 e. The van der Waals surface area contributed by atoms with Gasteiger partial charge in [0.1, 0.15) is 0 Å². The molecular formula is C16H25N3. The van der Waals surface area contributed by atoms with Crippen LogP contribution in [-0.4, -0.2) is 36.1 Å². The van der Waals surface area contributed by atoms with Crippen LogP contribution in [-0.2, 0) is 6.54 Å². The van der Waals surface area contributed by atoms with E-state index in [0.717, 1.165) is 13.1 Å². The van der Waals surface area contributed by atoms with Gasteiger partial charge >= 0.3 is 0 Å². The van der Waals surface area contributed by atoms with Crippen LogP contribution in [0.4, 0.5) is 0 Å². The lowest BCUT2D eigenvalue weighted by molar-refractivity contribution is 0.218. The van der Waals surface area contributed by atoms with Gasteiger partial charge in [-0.1, -0.05) is 12.5 Å². The first-order valence-electron chi connectivity index (χ1n) is 7.80. The molecule has 2 aliphatic rings. The monoisotopic (exact) mass is 259 g/mol. The summed E-state index contributed by atoms with van der Waals surface area (Å²) in [5.41, 5.74) is 2.64. The Kier molecular flexibility index (Phi) is 4.46. The zero-order valence-electron chi connectivity index (χ0n) is 11.8. The maximum atomic E-state index is 4.68. The van der Waals surface area contributed by atoms with Crippen LogP contribution in [0.1, 0.15) is 49.3 Å². The van der Waals surface area contributed by atoms with E-state index < -0.39 is 0 Å². The van der Waals surface area contributed by atoms with Crippen molar-refractivity contribution in [1.29, 1.82) is 0 Å². The van der Waals surface area contributed by atoms with Gasteiger partial charge in [0.25, 0.3) is 0 Å². The average molecular weight is 259 g/mol. The molecule has 0 amide bonds. The lowest BCUT2D eigenvalue weighted by Crippen LogP contribution is -2.30. The Balaban J connectivity index is 1.58. The summed E-state index contributed by atoms with van der Waals surface area (Å²) in [6.07, 6.45) is 8.81. The van der Waals surface area contributed by atoms with Gasteiger partial charge < -0.3 is 5.32 Å². The third kappa shape index (κ3) is 3.54. The highest BCUT2D eigenvalue weighted by Crippen LogP contribution is 2.22. The number of nitrogens with zero attached hydrogens (tertiary/aromatic N) is 2. The molecule has 0 radical (unpaired) electrons. The van der Waals surface area contributed by atoms with E-state index in [-0.39, 0.29) is 0 Å². The predicted octanol–water partition coefficient (Wildman–Crippen LogP) is 2.53. The summed E-state index contributed by atoms with van der Waals surface area (Å²) in [7, 11) is 0. The molecule has 3 rings (SSSR count). The standard InChI is InChI=1S/C16H25N3/c1-2-9-19(10-3-1)13-16-7-6-15(12-18-16)14-5-4-8-17-11-14/h6-7,12,14,17H,1-5,8-11,13H2. The molecule has 1 aromatic heterocycles. The quantitative estimate of drug-likeness (QED) is 0.904. The third-order valence-corrected chi connectivity index (χ3v) is 4.45. The van der Waals surface area contributed by atoms with Crippen molar-refractivity contribution in [3.63, 3.8) is 0 Å². The minimum atomic E-state index is 0.672. The van der Waals surface area contributed by atoms with Gasteiger partial charge in [-0.2, -0.15) is 0 Å². The van der Waals surface area contributed by atoms with Crippen molar-refractivity contribution in [2.75, 3.05) is 26.2 Å². The molecule has 2 fully saturated rings. The Bertz CT molecular complexity index is 375. The smallest absolute Gasteiger partial charge is 0.0544 e. The molecule has 0 aromatic carbocycles. The van der Waals surface area contributed by atoms with Crippen molar-refractivity contribution < 1.29 is 0 Å². The van der Waals surface area contributed by atoms with Crippen molar-refractivity contribution in [3.05, 3.63) is 29.6 Å². The highest BCUT2D eigenvalue weighted by Gasteiger charge is 2.16. The molecule has 0 saturated carbocycles. The summed E-state index contributed by atoms with van der Waals surface area (Å²) in [5.74, 6) is 0.672. The van der Waals surface area contributed by atoms with Crippen molar-refractivity contribution in [3.8, 4) is 0 Å². The lowest BCUT2D eigenvalue weighted by Gasteiger charge is -2.26. The Morgan fingerprint density at radius 2 is 2.05 bits per heavy atom. The number of nitrogens with one attached hydrogen (secondary N) is 1. The number of piperidine rings is 2. The van der Waals surface area contributed by atoms with Gasteiger partial charge in [-0.15, -0.1) is 0 Å². The van der Waals surface area contributed by atoms with E-state index in [0.29, 0.717) is 5.92 Å². The number of pyridine rings is 1. The Morgan fingerprint density at radius 3 is 2.74 bits per heavy atom. The molecule has 2 aliphatic heterocycles. The van der Waals surface area contributed by atoms with Gasteiger partial charge in [0.2, 0.25) is 0 Å². The van der Waals surface area contributed by atoms with Gasteiger partial charge in [0.05, 0.1) is 5.69 Å². The third-order valence-electron chi connectivity index (χ3n) is 4.45. The second-order valence-electron chi connectivity index (χ2n) is 5.96. The van der Waals surface area contributed by atoms with Crippen molar-refractivity contribution in [2.45, 2.75) is 44.6 Å². The van der Waals surface area contributed by atoms with Gasteiger partial charge in [-0.25, -0.2) is 0 Å². The molecular weight excluding hydrogens is 234 g/mol. The fourth-order valence-electron chi connectivity index (χ4n) is 3.25. The minimum absolute atomic E-state index is 0.672. The molecule has 0 spiro atoms. The second-order valence-corrected chi connectivity index (χ2v) is 5.96. The van der Waals surface area contributed by atoms with Crippen LogP contribution in [0.15, 0.2) is 18.3 Å². The van der Waals surface area contributed by atoms with E-state index in [4.69, 9.17) is 0 Å². The summed E-state index contributed by atoms with van der Waals surface area (Å²) in [5, 5.41) is 3.48. The lowest BCUT2D eigenvalue weighted by atomic mass is 9.93. The van der Waals surface area contributed by atoms with E-state index in [1.165, 1.54) is 63.0 Å². The number of likely N-dealkylation sites (tertiary alicyclic amines) is 1. The zero-order valence-corrected chi connectivity index (χ0v) is 11.8. The largest absolute Gasteiger partial charge is 0.316 e. The Hall–Kier alpha value is -0.930. The number of rotatable bonds is 3. The van der Waals surface area contributed by atoms with Crippen LogP contribution in [0.3, 0.4) is 0 Å². The summed E-state index contributed by atoms with van der Waals surface area (Å²) < 4.78 is 0. The molecule has 104 valence electrons. The summed E-state index contributed by atoms with van der Waals surface area (Å²) in [6, 6.07) is 4.53. The molecule has 0 bridgehead atoms. The Morgan fingerprint density at radius 1 is 1.16 bits per heavy atom. The summed E-state index contributed by atoms with van der Waals surface area (Å²) in [6.45, 7) is 5.82. The topological polar surface area (TPSA) is 28.2 Å². The van der Waals surface area contributed by atoms with Crippen molar-refractivity contribution in [1.82, 2.24) is 15.2 Å². The van der Waals surface area contributed by atoms with E-state index in [9.17, 15) is 0 Å². The van der Waals surface area contributed by atoms with E-state index >= 15 is 0 Å². The molecule has 19 heavy (non-hydrogen) atoms. The van der Waals surface area contributed by atoms with E-state index in [1.54, 1.807) is 0 Å². The fourth-order valence-corrected chi connectivity index (χ4v) is 3.25. The number of hydrogen-bond acceptors (Lipinski definition) is 3. The molecule has 0 aliphatic carbocycles. The van der Waals surface area contributed by atoms with Crippen molar-refractivity contribution >= 4 is 0 Å². The molecule has 3 nitrogen and oxygen atoms in total. The number of hydrogen-bond donors (Lipinski definition) is 1. The fraction of sp³-hybridized carbons (Fsp3) is 0.688. The molecule has 1 unspecified atom stereocenters. The van der Waals surface area contributed by atoms with Gasteiger partial charge in [-0.3, -0.25) is 9.88 Å². The minimum Gasteiger partial charge on any atom is -0.316 e. The highest BCUT2D eigenvalue weighted by molar-refractivity contribution is 5.19. The first-order chi connectivity index (χ1) is 9.42. The highest BCUT2D eigenvalue weighted by atomic mass is 15.1. The maximum absolute atomic E-state index is 4.68. The zero-order chi connectivity index (χ0) is 12.9. The first kappa shape index (κ1) is 13.1. The van der Waals surface area contributed by atoms with Crippen LogP contribution < -0.4 is 5.32 Å². The van der Waals surface area contributed by atoms with Crippen LogP contribution in [0, 0.1) is 0 Å². The van der Waals surface area contributed by atoms with Gasteiger partial charge in [-0.05, 0) is 62.9 Å². The molecule has 2 saturated heterocycles. The Labute approximate surface area is 116 Å². The van der Waals surface area contributed by atoms with Crippen LogP contribution >= 0.6 is 0 Å². The normalized spacial score (nSPS) is 25.4. The van der Waals surface area contributed by atoms with Crippen LogP contribution in [0.2, 0.25) is 0 Å². The summed E-state index contributed by atoms with van der Waals surface area (Å²) >= 11 is 0. The van der Waals surface area contributed by atoms with Crippen LogP contribution in [0.25, 0.3) is 0 Å². The summed E-state index contributed by atoms with van der Waals surface area (Å²) in [4.78, 5) is 7.21. The van der Waals surface area contributed by atoms with Crippen molar-refractivity contribution in [2.24, 2.45) is 0 Å². The number of aromatic nitrogens is 1. The predicted molar refractivity (Wildman–Crippen MR) is 78.2 cm³/mol. The average Bonchev–Trinajstić information content (AvgIpc) is 2.50. The molecule has 3 heteroatoms. The molecule has 1 aromatic rings. The molecule has 1 N–H and O–H groups in total. The van der Waals surface area contributed by atoms with E-state index in [2.05, 4.69) is 33.5 Å². The SMILES string of the molecule is c1cc(CN2CCCCC2)ncc1C1CCCNC1. The first-order valence-corrected chi connectivity index (χ1v) is 7.80.